The monoisotopic (exact) mass is 237 g/mol. The van der Waals surface area contributed by atoms with Crippen molar-refractivity contribution in [1.82, 2.24) is 15.1 Å². The number of hydrogen-bond donors (Lipinski definition) is 1. The Bertz CT molecular complexity index is 381. The number of rotatable bonds is 1. The molecule has 1 aromatic heterocycles. The fourth-order valence-electron chi connectivity index (χ4n) is 2.10. The van der Waals surface area contributed by atoms with Crippen molar-refractivity contribution in [2.75, 3.05) is 6.54 Å². The third-order valence-electron chi connectivity index (χ3n) is 2.78. The molecule has 0 spiro atoms. The summed E-state index contributed by atoms with van der Waals surface area (Å²) < 4.78 is 5.41. The Kier molecular flexibility index (Phi) is 3.09. The Hall–Kier alpha value is -1.52. The summed E-state index contributed by atoms with van der Waals surface area (Å²) in [5, 5.41) is 6.72. The Morgan fingerprint density at radius 1 is 1.59 bits per heavy atom. The normalized spacial score (nSPS) is 20.6. The molecule has 2 heterocycles. The number of H-pyrrole nitrogens is 1. The summed E-state index contributed by atoms with van der Waals surface area (Å²) in [5.41, 5.74) is 0.606. The van der Waals surface area contributed by atoms with Gasteiger partial charge >= 0.3 is 6.09 Å². The van der Waals surface area contributed by atoms with Gasteiger partial charge in [-0.15, -0.1) is 0 Å². The van der Waals surface area contributed by atoms with E-state index in [0.717, 1.165) is 24.9 Å². The molecule has 0 radical (unpaired) electrons. The molecule has 17 heavy (non-hydrogen) atoms. The maximum atomic E-state index is 12.0. The highest BCUT2D eigenvalue weighted by Gasteiger charge is 2.33. The third kappa shape index (κ3) is 2.78. The highest BCUT2D eigenvalue weighted by molar-refractivity contribution is 5.69. The molecule has 0 aromatic carbocycles. The second-order valence-corrected chi connectivity index (χ2v) is 5.36. The van der Waals surface area contributed by atoms with Crippen LogP contribution in [-0.2, 0) is 4.74 Å². The molecule has 94 valence electrons. The Balaban J connectivity index is 2.07. The predicted octanol–water partition coefficient (Wildman–Crippen LogP) is 2.48. The second kappa shape index (κ2) is 4.39. The summed E-state index contributed by atoms with van der Waals surface area (Å²) in [5.74, 6) is 0. The standard InChI is InChI=1S/C12H19N3O2/c1-12(2,3)17-11(16)15-6-4-5-10(15)9-7-13-14-8-9/h7-8,10H,4-6H2,1-3H3,(H,13,14)/t10-/m1/s1. The first-order valence-electron chi connectivity index (χ1n) is 5.96. The molecular formula is C12H19N3O2. The number of likely N-dealkylation sites (tertiary alicyclic amines) is 1. The highest BCUT2D eigenvalue weighted by atomic mass is 16.6. The van der Waals surface area contributed by atoms with Gasteiger partial charge in [-0.3, -0.25) is 5.10 Å². The van der Waals surface area contributed by atoms with Gasteiger partial charge in [0.2, 0.25) is 0 Å². The molecule has 1 N–H and O–H groups in total. The molecule has 0 saturated carbocycles. The van der Waals surface area contributed by atoms with Gasteiger partial charge < -0.3 is 9.64 Å². The van der Waals surface area contributed by atoms with Gasteiger partial charge in [-0.1, -0.05) is 0 Å². The van der Waals surface area contributed by atoms with Crippen molar-refractivity contribution < 1.29 is 9.53 Å². The van der Waals surface area contributed by atoms with Gasteiger partial charge in [-0.05, 0) is 33.6 Å². The smallest absolute Gasteiger partial charge is 0.410 e. The quantitative estimate of drug-likeness (QED) is 0.816. The van der Waals surface area contributed by atoms with Gasteiger partial charge in [0.1, 0.15) is 5.60 Å². The third-order valence-corrected chi connectivity index (χ3v) is 2.78. The molecule has 1 aliphatic rings. The molecule has 0 aliphatic carbocycles. The van der Waals surface area contributed by atoms with Crippen LogP contribution in [0, 0.1) is 0 Å². The lowest BCUT2D eigenvalue weighted by Gasteiger charge is -2.28. The average molecular weight is 237 g/mol. The van der Waals surface area contributed by atoms with Crippen molar-refractivity contribution in [2.45, 2.75) is 45.3 Å². The summed E-state index contributed by atoms with van der Waals surface area (Å²) >= 11 is 0. The van der Waals surface area contributed by atoms with Crippen LogP contribution < -0.4 is 0 Å². The number of nitrogens with one attached hydrogen (secondary N) is 1. The molecule has 1 fully saturated rings. The maximum Gasteiger partial charge on any atom is 0.410 e. The van der Waals surface area contributed by atoms with Gasteiger partial charge in [-0.25, -0.2) is 4.79 Å². The summed E-state index contributed by atoms with van der Waals surface area (Å²) in [6.07, 6.45) is 5.36. The van der Waals surface area contributed by atoms with Crippen LogP contribution in [0.4, 0.5) is 4.79 Å². The van der Waals surface area contributed by atoms with E-state index < -0.39 is 5.60 Å². The van der Waals surface area contributed by atoms with Crippen molar-refractivity contribution in [3.05, 3.63) is 18.0 Å². The minimum Gasteiger partial charge on any atom is -0.444 e. The van der Waals surface area contributed by atoms with E-state index in [-0.39, 0.29) is 12.1 Å². The Morgan fingerprint density at radius 3 is 2.94 bits per heavy atom. The minimum atomic E-state index is -0.444. The van der Waals surface area contributed by atoms with E-state index in [1.165, 1.54) is 0 Å². The van der Waals surface area contributed by atoms with Crippen LogP contribution in [0.3, 0.4) is 0 Å². The summed E-state index contributed by atoms with van der Waals surface area (Å²) in [6, 6.07) is 0.101. The SMILES string of the molecule is CC(C)(C)OC(=O)N1CCC[C@@H]1c1cn[nH]c1. The molecule has 0 bridgehead atoms. The summed E-state index contributed by atoms with van der Waals surface area (Å²) in [4.78, 5) is 13.8. The summed E-state index contributed by atoms with van der Waals surface area (Å²) in [7, 11) is 0. The van der Waals surface area contributed by atoms with Gasteiger partial charge in [0.05, 0.1) is 12.2 Å². The molecule has 2 rings (SSSR count). The highest BCUT2D eigenvalue weighted by Crippen LogP contribution is 2.32. The van der Waals surface area contributed by atoms with Crippen molar-refractivity contribution >= 4 is 6.09 Å². The number of carbonyl (C=O) groups is 1. The van der Waals surface area contributed by atoms with E-state index in [2.05, 4.69) is 10.2 Å². The minimum absolute atomic E-state index is 0.101. The number of aromatic nitrogens is 2. The largest absolute Gasteiger partial charge is 0.444 e. The van der Waals surface area contributed by atoms with E-state index >= 15 is 0 Å². The number of ether oxygens (including phenoxy) is 1. The Labute approximate surface area is 101 Å². The van der Waals surface area contributed by atoms with Crippen molar-refractivity contribution in [3.63, 3.8) is 0 Å². The lowest BCUT2D eigenvalue weighted by molar-refractivity contribution is 0.0224. The van der Waals surface area contributed by atoms with Crippen LogP contribution >= 0.6 is 0 Å². The lowest BCUT2D eigenvalue weighted by Crippen LogP contribution is -2.36. The second-order valence-electron chi connectivity index (χ2n) is 5.36. The van der Waals surface area contributed by atoms with E-state index in [1.807, 2.05) is 27.0 Å². The van der Waals surface area contributed by atoms with E-state index in [1.54, 1.807) is 11.1 Å². The van der Waals surface area contributed by atoms with Crippen LogP contribution in [-0.4, -0.2) is 33.3 Å². The first-order valence-corrected chi connectivity index (χ1v) is 5.96. The van der Waals surface area contributed by atoms with E-state index in [4.69, 9.17) is 4.74 Å². The van der Waals surface area contributed by atoms with Crippen LogP contribution in [0.5, 0.6) is 0 Å². The van der Waals surface area contributed by atoms with Crippen molar-refractivity contribution in [1.29, 1.82) is 0 Å². The molecule has 1 aliphatic heterocycles. The number of aromatic amines is 1. The zero-order valence-corrected chi connectivity index (χ0v) is 10.6. The van der Waals surface area contributed by atoms with Crippen LogP contribution in [0.25, 0.3) is 0 Å². The van der Waals surface area contributed by atoms with Gasteiger partial charge in [0, 0.05) is 18.3 Å². The molecule has 1 amide bonds. The fourth-order valence-corrected chi connectivity index (χ4v) is 2.10. The topological polar surface area (TPSA) is 58.2 Å². The van der Waals surface area contributed by atoms with E-state index in [0.29, 0.717) is 0 Å². The molecule has 1 atom stereocenters. The molecule has 0 unspecified atom stereocenters. The molecule has 5 nitrogen and oxygen atoms in total. The van der Waals surface area contributed by atoms with Crippen molar-refractivity contribution in [2.24, 2.45) is 0 Å². The van der Waals surface area contributed by atoms with Gasteiger partial charge in [0.15, 0.2) is 0 Å². The average Bonchev–Trinajstić information content (AvgIpc) is 2.85. The number of nitrogens with zero attached hydrogens (tertiary/aromatic N) is 2. The predicted molar refractivity (Wildman–Crippen MR) is 63.5 cm³/mol. The van der Waals surface area contributed by atoms with E-state index in [9.17, 15) is 4.79 Å². The fraction of sp³-hybridized carbons (Fsp3) is 0.667. The van der Waals surface area contributed by atoms with Crippen LogP contribution in [0.2, 0.25) is 0 Å². The van der Waals surface area contributed by atoms with Gasteiger partial charge in [-0.2, -0.15) is 5.10 Å². The zero-order chi connectivity index (χ0) is 12.5. The molecule has 1 aromatic rings. The van der Waals surface area contributed by atoms with Gasteiger partial charge in [0.25, 0.3) is 0 Å². The first kappa shape index (κ1) is 12.0. The number of carbonyl (C=O) groups excluding carboxylic acids is 1. The number of amides is 1. The molecular weight excluding hydrogens is 218 g/mol. The maximum absolute atomic E-state index is 12.0. The van der Waals surface area contributed by atoms with Crippen LogP contribution in [0.15, 0.2) is 12.4 Å². The molecule has 1 saturated heterocycles. The zero-order valence-electron chi connectivity index (χ0n) is 10.6. The molecule has 5 heteroatoms. The van der Waals surface area contributed by atoms with Crippen molar-refractivity contribution in [3.8, 4) is 0 Å². The first-order chi connectivity index (χ1) is 7.97. The summed E-state index contributed by atoms with van der Waals surface area (Å²) in [6.45, 7) is 6.40. The Morgan fingerprint density at radius 2 is 2.35 bits per heavy atom. The van der Waals surface area contributed by atoms with Crippen LogP contribution in [0.1, 0.15) is 45.2 Å². The lowest BCUT2D eigenvalue weighted by atomic mass is 10.1. The number of hydrogen-bond acceptors (Lipinski definition) is 3.